The lowest BCUT2D eigenvalue weighted by atomic mass is 9.53. The van der Waals surface area contributed by atoms with E-state index in [1.807, 2.05) is 0 Å². The Kier molecular flexibility index (Phi) is 5.39. The number of carbonyl (C=O) groups is 1. The molecule has 5 nitrogen and oxygen atoms in total. The smallest absolute Gasteiger partial charge is 0.315 e. The minimum Gasteiger partial charge on any atom is -0.379 e. The number of hydrogen-bond donors (Lipinski definition) is 2. The number of nitrogens with zero attached hydrogens (tertiary/aromatic N) is 1. The molecule has 5 aliphatic rings. The number of rotatable bonds is 4. The van der Waals surface area contributed by atoms with Gasteiger partial charge >= 0.3 is 6.03 Å². The van der Waals surface area contributed by atoms with Crippen molar-refractivity contribution in [1.82, 2.24) is 15.5 Å². The molecule has 0 spiro atoms. The molecule has 0 atom stereocenters. The van der Waals surface area contributed by atoms with Gasteiger partial charge in [-0.1, -0.05) is 0 Å². The summed E-state index contributed by atoms with van der Waals surface area (Å²) >= 11 is 0. The minimum atomic E-state index is 0. The third kappa shape index (κ3) is 3.94. The number of urea groups is 1. The van der Waals surface area contributed by atoms with Crippen molar-refractivity contribution in [2.24, 2.45) is 17.8 Å². The molecule has 0 radical (unpaired) electrons. The van der Waals surface area contributed by atoms with Crippen molar-refractivity contribution in [2.75, 3.05) is 39.4 Å². The largest absolute Gasteiger partial charge is 0.379 e. The van der Waals surface area contributed by atoms with Gasteiger partial charge in [0.05, 0.1) is 13.2 Å². The number of hydrogen-bond acceptors (Lipinski definition) is 3. The average molecular weight is 344 g/mol. The second-order valence-corrected chi connectivity index (χ2v) is 8.03. The fourth-order valence-corrected chi connectivity index (χ4v) is 5.70. The Morgan fingerprint density at radius 2 is 1.61 bits per heavy atom. The van der Waals surface area contributed by atoms with E-state index in [1.165, 1.54) is 38.5 Å². The Balaban J connectivity index is 0.00000156. The van der Waals surface area contributed by atoms with Crippen LogP contribution in [0.25, 0.3) is 0 Å². The second-order valence-electron chi connectivity index (χ2n) is 8.03. The average Bonchev–Trinajstić information content (AvgIpc) is 2.46. The summed E-state index contributed by atoms with van der Waals surface area (Å²) in [5.41, 5.74) is 0.123. The highest BCUT2D eigenvalue weighted by molar-refractivity contribution is 5.85. The summed E-state index contributed by atoms with van der Waals surface area (Å²) in [5.74, 6) is 2.62. The van der Waals surface area contributed by atoms with Crippen LogP contribution in [0.15, 0.2) is 0 Å². The first-order valence-corrected chi connectivity index (χ1v) is 9.07. The van der Waals surface area contributed by atoms with Crippen LogP contribution in [0.3, 0.4) is 0 Å². The maximum absolute atomic E-state index is 12.3. The molecule has 132 valence electrons. The predicted molar refractivity (Wildman–Crippen MR) is 91.9 cm³/mol. The lowest BCUT2D eigenvalue weighted by Crippen LogP contribution is -2.61. The van der Waals surface area contributed by atoms with Gasteiger partial charge in [-0.05, 0) is 56.3 Å². The lowest BCUT2D eigenvalue weighted by molar-refractivity contribution is -0.0135. The maximum Gasteiger partial charge on any atom is 0.315 e. The zero-order valence-electron chi connectivity index (χ0n) is 13.9. The summed E-state index contributed by atoms with van der Waals surface area (Å²) in [6, 6.07) is 0.0511. The van der Waals surface area contributed by atoms with Crippen molar-refractivity contribution >= 4 is 18.4 Å². The fourth-order valence-electron chi connectivity index (χ4n) is 5.70. The molecule has 1 heterocycles. The molecule has 23 heavy (non-hydrogen) atoms. The molecular weight excluding hydrogens is 314 g/mol. The van der Waals surface area contributed by atoms with Gasteiger partial charge in [-0.3, -0.25) is 4.90 Å². The van der Waals surface area contributed by atoms with Gasteiger partial charge in [0.15, 0.2) is 0 Å². The van der Waals surface area contributed by atoms with Crippen molar-refractivity contribution in [3.63, 3.8) is 0 Å². The number of nitrogens with one attached hydrogen (secondary N) is 2. The third-order valence-corrected chi connectivity index (χ3v) is 6.23. The quantitative estimate of drug-likeness (QED) is 0.821. The van der Waals surface area contributed by atoms with E-state index in [-0.39, 0.29) is 24.0 Å². The van der Waals surface area contributed by atoms with E-state index in [0.29, 0.717) is 0 Å². The van der Waals surface area contributed by atoms with Crippen LogP contribution in [0.2, 0.25) is 0 Å². The van der Waals surface area contributed by atoms with Gasteiger partial charge in [-0.25, -0.2) is 4.79 Å². The molecule has 1 aliphatic heterocycles. The molecule has 4 saturated carbocycles. The monoisotopic (exact) mass is 343 g/mol. The van der Waals surface area contributed by atoms with Crippen molar-refractivity contribution in [2.45, 2.75) is 44.1 Å². The number of halogens is 1. The highest BCUT2D eigenvalue weighted by atomic mass is 35.5. The van der Waals surface area contributed by atoms with Gasteiger partial charge in [0.25, 0.3) is 0 Å². The Labute approximate surface area is 145 Å². The van der Waals surface area contributed by atoms with Crippen LogP contribution in [0.4, 0.5) is 4.79 Å². The molecule has 1 saturated heterocycles. The molecule has 0 unspecified atom stereocenters. The molecule has 0 aromatic rings. The van der Waals surface area contributed by atoms with Crippen LogP contribution >= 0.6 is 12.4 Å². The van der Waals surface area contributed by atoms with Crippen molar-refractivity contribution in [3.05, 3.63) is 0 Å². The van der Waals surface area contributed by atoms with Crippen molar-refractivity contribution in [1.29, 1.82) is 0 Å². The summed E-state index contributed by atoms with van der Waals surface area (Å²) < 4.78 is 5.34. The van der Waals surface area contributed by atoms with Gasteiger partial charge < -0.3 is 15.4 Å². The summed E-state index contributed by atoms with van der Waals surface area (Å²) in [4.78, 5) is 14.7. The highest BCUT2D eigenvalue weighted by Crippen LogP contribution is 2.55. The van der Waals surface area contributed by atoms with Gasteiger partial charge in [-0.2, -0.15) is 0 Å². The van der Waals surface area contributed by atoms with Crippen LogP contribution < -0.4 is 10.6 Å². The summed E-state index contributed by atoms with van der Waals surface area (Å²) in [6.07, 6.45) is 7.90. The molecule has 5 fully saturated rings. The van der Waals surface area contributed by atoms with Crippen LogP contribution in [0.1, 0.15) is 38.5 Å². The van der Waals surface area contributed by atoms with E-state index in [9.17, 15) is 4.79 Å². The Morgan fingerprint density at radius 1 is 1.04 bits per heavy atom. The summed E-state index contributed by atoms with van der Waals surface area (Å²) in [7, 11) is 0. The van der Waals surface area contributed by atoms with E-state index >= 15 is 0 Å². The van der Waals surface area contributed by atoms with E-state index in [2.05, 4.69) is 15.5 Å². The molecular formula is C17H30ClN3O2. The van der Waals surface area contributed by atoms with E-state index in [1.54, 1.807) is 0 Å². The fraction of sp³-hybridized carbons (Fsp3) is 0.941. The van der Waals surface area contributed by atoms with E-state index < -0.39 is 0 Å². The van der Waals surface area contributed by atoms with Crippen molar-refractivity contribution < 1.29 is 9.53 Å². The normalized spacial score (nSPS) is 38.9. The number of ether oxygens (including phenoxy) is 1. The van der Waals surface area contributed by atoms with Crippen LogP contribution in [-0.4, -0.2) is 55.9 Å². The molecule has 2 N–H and O–H groups in total. The SMILES string of the molecule is Cl.O=C(NCCN1CCOCC1)NC12CC3CC(CC(C3)C1)C2. The standard InChI is InChI=1S/C17H29N3O2.ClH/c21-16(18-1-2-20-3-5-22-6-4-20)19-17-10-13-7-14(11-17)9-15(8-13)12-17;/h13-15H,1-12H2,(H2,18,19,21);1H. The van der Waals surface area contributed by atoms with Gasteiger partial charge in [-0.15, -0.1) is 12.4 Å². The Morgan fingerprint density at radius 3 is 2.17 bits per heavy atom. The third-order valence-electron chi connectivity index (χ3n) is 6.23. The summed E-state index contributed by atoms with van der Waals surface area (Å²) in [6.45, 7) is 5.27. The van der Waals surface area contributed by atoms with Crippen molar-refractivity contribution in [3.8, 4) is 0 Å². The first-order valence-electron chi connectivity index (χ1n) is 9.07. The molecule has 0 aromatic heterocycles. The number of morpholine rings is 1. The first-order chi connectivity index (χ1) is 10.7. The topological polar surface area (TPSA) is 53.6 Å². The molecule has 5 rings (SSSR count). The van der Waals surface area contributed by atoms with E-state index in [4.69, 9.17) is 4.74 Å². The van der Waals surface area contributed by atoms with Crippen LogP contribution in [-0.2, 0) is 4.74 Å². The predicted octanol–water partition coefficient (Wildman–Crippen LogP) is 2.01. The molecule has 2 amide bonds. The molecule has 4 aliphatic carbocycles. The zero-order valence-corrected chi connectivity index (χ0v) is 14.7. The Hall–Kier alpha value is -0.520. The summed E-state index contributed by atoms with van der Waals surface area (Å²) in [5, 5.41) is 6.44. The Bertz CT molecular complexity index is 391. The molecule has 6 heteroatoms. The first kappa shape index (κ1) is 17.3. The number of amides is 2. The number of carbonyl (C=O) groups excluding carboxylic acids is 1. The minimum absolute atomic E-state index is 0. The van der Waals surface area contributed by atoms with Crippen LogP contribution in [0.5, 0.6) is 0 Å². The van der Waals surface area contributed by atoms with Crippen LogP contribution in [0, 0.1) is 17.8 Å². The molecule has 4 bridgehead atoms. The highest BCUT2D eigenvalue weighted by Gasteiger charge is 2.51. The van der Waals surface area contributed by atoms with E-state index in [0.717, 1.165) is 57.1 Å². The van der Waals surface area contributed by atoms with Gasteiger partial charge in [0, 0.05) is 31.7 Å². The maximum atomic E-state index is 12.3. The zero-order chi connectivity index (χ0) is 15.0. The van der Waals surface area contributed by atoms with Gasteiger partial charge in [0.1, 0.15) is 0 Å². The molecule has 0 aromatic carbocycles. The second kappa shape index (κ2) is 7.16. The van der Waals surface area contributed by atoms with Gasteiger partial charge in [0.2, 0.25) is 0 Å². The lowest BCUT2D eigenvalue weighted by Gasteiger charge is -2.56.